The third-order valence-corrected chi connectivity index (χ3v) is 4.76. The molecule has 0 saturated carbocycles. The van der Waals surface area contributed by atoms with Crippen molar-refractivity contribution in [1.29, 1.82) is 0 Å². The van der Waals surface area contributed by atoms with E-state index in [1.807, 2.05) is 30.5 Å². The van der Waals surface area contributed by atoms with Crippen LogP contribution in [0.1, 0.15) is 16.2 Å². The Morgan fingerprint density at radius 3 is 2.72 bits per heavy atom. The molecule has 2 heterocycles. The van der Waals surface area contributed by atoms with Gasteiger partial charge in [-0.15, -0.1) is 5.10 Å². The van der Waals surface area contributed by atoms with Crippen molar-refractivity contribution in [2.24, 2.45) is 0 Å². The standard InChI is InChI=1S/C19H15F2N5O2S/c1-29-19-23-13-8-4-2-6-11(13)16-24-15(25-26(16)19)10-22-17(27)12-7-3-5-9-14(12)28-18(20)21/h2-9,18H,10H2,1H3,(H,22,27). The summed E-state index contributed by atoms with van der Waals surface area (Å²) in [5, 5.41) is 8.58. The SMILES string of the molecule is CSc1nc2ccccc2c2nc(CNC(=O)c3ccccc3OC(F)F)nn12. The minimum absolute atomic E-state index is 0.00786. The fourth-order valence-electron chi connectivity index (χ4n) is 2.89. The second-order valence-electron chi connectivity index (χ2n) is 5.94. The monoisotopic (exact) mass is 415 g/mol. The molecule has 0 fully saturated rings. The predicted molar refractivity (Wildman–Crippen MR) is 104 cm³/mol. The molecule has 0 bridgehead atoms. The van der Waals surface area contributed by atoms with Crippen molar-refractivity contribution in [3.8, 4) is 5.75 Å². The lowest BCUT2D eigenvalue weighted by Gasteiger charge is -2.10. The zero-order valence-corrected chi connectivity index (χ0v) is 16.0. The van der Waals surface area contributed by atoms with E-state index in [0.717, 1.165) is 10.9 Å². The third kappa shape index (κ3) is 3.83. The summed E-state index contributed by atoms with van der Waals surface area (Å²) in [7, 11) is 0. The topological polar surface area (TPSA) is 81.4 Å². The first kappa shape index (κ1) is 19.1. The molecule has 2 aromatic carbocycles. The van der Waals surface area contributed by atoms with Crippen LogP contribution in [0.15, 0.2) is 53.7 Å². The summed E-state index contributed by atoms with van der Waals surface area (Å²) < 4.78 is 31.1. The maximum Gasteiger partial charge on any atom is 0.387 e. The number of hydrogen-bond donors (Lipinski definition) is 1. The molecule has 148 valence electrons. The number of aromatic nitrogens is 4. The maximum absolute atomic E-state index is 12.5. The predicted octanol–water partition coefficient (Wildman–Crippen LogP) is 3.53. The second-order valence-corrected chi connectivity index (χ2v) is 6.71. The van der Waals surface area contributed by atoms with Crippen molar-refractivity contribution in [3.05, 3.63) is 59.9 Å². The van der Waals surface area contributed by atoms with Gasteiger partial charge < -0.3 is 10.1 Å². The van der Waals surface area contributed by atoms with Gasteiger partial charge in [-0.3, -0.25) is 4.79 Å². The van der Waals surface area contributed by atoms with Gasteiger partial charge in [0.2, 0.25) is 0 Å². The number of rotatable bonds is 6. The molecular weight excluding hydrogens is 400 g/mol. The van der Waals surface area contributed by atoms with Gasteiger partial charge in [0.25, 0.3) is 5.91 Å². The van der Waals surface area contributed by atoms with E-state index in [1.54, 1.807) is 10.6 Å². The summed E-state index contributed by atoms with van der Waals surface area (Å²) in [5.74, 6) is -0.380. The quantitative estimate of drug-likeness (QED) is 0.383. The van der Waals surface area contributed by atoms with Crippen LogP contribution in [0.25, 0.3) is 16.6 Å². The van der Waals surface area contributed by atoms with E-state index >= 15 is 0 Å². The smallest absolute Gasteiger partial charge is 0.387 e. The van der Waals surface area contributed by atoms with Crippen molar-refractivity contribution in [2.45, 2.75) is 18.3 Å². The average Bonchev–Trinajstić information content (AvgIpc) is 3.16. The summed E-state index contributed by atoms with van der Waals surface area (Å²) in [4.78, 5) is 21.5. The van der Waals surface area contributed by atoms with Crippen molar-refractivity contribution in [2.75, 3.05) is 6.26 Å². The van der Waals surface area contributed by atoms with Crippen LogP contribution in [-0.2, 0) is 6.54 Å². The summed E-state index contributed by atoms with van der Waals surface area (Å²) in [6.07, 6.45) is 1.89. The van der Waals surface area contributed by atoms with Gasteiger partial charge in [-0.2, -0.15) is 13.3 Å². The number of nitrogens with one attached hydrogen (secondary N) is 1. The largest absolute Gasteiger partial charge is 0.434 e. The van der Waals surface area contributed by atoms with Crippen molar-refractivity contribution >= 4 is 34.2 Å². The molecule has 0 atom stereocenters. The number of halogens is 2. The zero-order chi connectivity index (χ0) is 20.4. The molecule has 7 nitrogen and oxygen atoms in total. The number of hydrogen-bond acceptors (Lipinski definition) is 6. The number of para-hydroxylation sites is 2. The van der Waals surface area contributed by atoms with Crippen LogP contribution in [0.3, 0.4) is 0 Å². The molecule has 0 aliphatic carbocycles. The molecule has 0 saturated heterocycles. The molecule has 0 aliphatic rings. The number of fused-ring (bicyclic) bond motifs is 3. The lowest BCUT2D eigenvalue weighted by Crippen LogP contribution is -2.24. The fourth-order valence-corrected chi connectivity index (χ4v) is 3.38. The lowest BCUT2D eigenvalue weighted by molar-refractivity contribution is -0.0501. The van der Waals surface area contributed by atoms with Crippen LogP contribution in [-0.4, -0.2) is 38.4 Å². The first-order valence-corrected chi connectivity index (χ1v) is 9.79. The molecule has 0 spiro atoms. The van der Waals surface area contributed by atoms with Crippen molar-refractivity contribution < 1.29 is 18.3 Å². The Labute approximate surface area is 168 Å². The lowest BCUT2D eigenvalue weighted by atomic mass is 10.2. The number of ether oxygens (including phenoxy) is 1. The Morgan fingerprint density at radius 1 is 1.17 bits per heavy atom. The van der Waals surface area contributed by atoms with Gasteiger partial charge in [0.1, 0.15) is 5.75 Å². The van der Waals surface area contributed by atoms with E-state index in [0.29, 0.717) is 16.6 Å². The highest BCUT2D eigenvalue weighted by molar-refractivity contribution is 7.98. The Balaban J connectivity index is 1.61. The maximum atomic E-state index is 12.5. The number of amides is 1. The number of benzene rings is 2. The van der Waals surface area contributed by atoms with Crippen molar-refractivity contribution in [3.63, 3.8) is 0 Å². The van der Waals surface area contributed by atoms with E-state index in [1.165, 1.54) is 30.0 Å². The summed E-state index contributed by atoms with van der Waals surface area (Å²) in [5.41, 5.74) is 1.43. The molecule has 0 unspecified atom stereocenters. The molecule has 10 heteroatoms. The Morgan fingerprint density at radius 2 is 1.93 bits per heavy atom. The number of thioether (sulfide) groups is 1. The number of alkyl halides is 2. The highest BCUT2D eigenvalue weighted by Crippen LogP contribution is 2.23. The summed E-state index contributed by atoms with van der Waals surface area (Å²) in [6.45, 7) is -3.00. The van der Waals surface area contributed by atoms with Gasteiger partial charge in [-0.25, -0.2) is 9.97 Å². The van der Waals surface area contributed by atoms with Crippen LogP contribution in [0, 0.1) is 0 Å². The highest BCUT2D eigenvalue weighted by Gasteiger charge is 2.17. The van der Waals surface area contributed by atoms with E-state index in [2.05, 4.69) is 25.1 Å². The zero-order valence-electron chi connectivity index (χ0n) is 15.2. The van der Waals surface area contributed by atoms with Gasteiger partial charge in [0.15, 0.2) is 16.6 Å². The fraction of sp³-hybridized carbons (Fsp3) is 0.158. The van der Waals surface area contributed by atoms with Crippen LogP contribution in [0.4, 0.5) is 8.78 Å². The van der Waals surface area contributed by atoms with Gasteiger partial charge in [0.05, 0.1) is 17.6 Å². The Bertz CT molecular complexity index is 1200. The first-order chi connectivity index (χ1) is 14.1. The third-order valence-electron chi connectivity index (χ3n) is 4.13. The van der Waals surface area contributed by atoms with Gasteiger partial charge in [-0.05, 0) is 30.5 Å². The molecule has 0 aliphatic heterocycles. The minimum atomic E-state index is -3.02. The van der Waals surface area contributed by atoms with Crippen LogP contribution in [0.5, 0.6) is 5.75 Å². The molecule has 29 heavy (non-hydrogen) atoms. The minimum Gasteiger partial charge on any atom is -0.434 e. The van der Waals surface area contributed by atoms with Gasteiger partial charge >= 0.3 is 6.61 Å². The normalized spacial score (nSPS) is 11.3. The average molecular weight is 415 g/mol. The molecule has 4 rings (SSSR count). The molecular formula is C19H15F2N5O2S. The molecule has 2 aromatic heterocycles. The first-order valence-electron chi connectivity index (χ1n) is 8.57. The number of carbonyl (C=O) groups excluding carboxylic acids is 1. The summed E-state index contributed by atoms with van der Waals surface area (Å²) >= 11 is 1.43. The molecule has 4 aromatic rings. The van der Waals surface area contributed by atoms with E-state index in [4.69, 9.17) is 0 Å². The Hall–Kier alpha value is -3.27. The molecule has 1 amide bonds. The van der Waals surface area contributed by atoms with Gasteiger partial charge in [-0.1, -0.05) is 36.0 Å². The Kier molecular flexibility index (Phi) is 5.26. The van der Waals surface area contributed by atoms with E-state index in [-0.39, 0.29) is 17.9 Å². The second kappa shape index (κ2) is 8.00. The molecule has 0 radical (unpaired) electrons. The highest BCUT2D eigenvalue weighted by atomic mass is 32.2. The van der Waals surface area contributed by atoms with Crippen LogP contribution in [0.2, 0.25) is 0 Å². The number of carbonyl (C=O) groups is 1. The van der Waals surface area contributed by atoms with E-state index in [9.17, 15) is 13.6 Å². The van der Waals surface area contributed by atoms with Gasteiger partial charge in [0, 0.05) is 5.39 Å². The summed E-state index contributed by atoms with van der Waals surface area (Å²) in [6, 6.07) is 13.4. The van der Waals surface area contributed by atoms with Crippen LogP contribution >= 0.6 is 11.8 Å². The van der Waals surface area contributed by atoms with E-state index < -0.39 is 12.5 Å². The van der Waals surface area contributed by atoms with Crippen molar-refractivity contribution in [1.82, 2.24) is 24.9 Å². The number of nitrogens with zero attached hydrogens (tertiary/aromatic N) is 4. The molecule has 1 N–H and O–H groups in total. The van der Waals surface area contributed by atoms with Crippen LogP contribution < -0.4 is 10.1 Å².